The lowest BCUT2D eigenvalue weighted by Crippen LogP contribution is -2.29. The van der Waals surface area contributed by atoms with E-state index in [0.717, 1.165) is 17.7 Å². The summed E-state index contributed by atoms with van der Waals surface area (Å²) in [6, 6.07) is 21.3. The number of aryl methyl sites for hydroxylation is 1. The van der Waals surface area contributed by atoms with Gasteiger partial charge in [0.05, 0.1) is 10.6 Å². The van der Waals surface area contributed by atoms with Crippen LogP contribution in [0, 0.1) is 6.92 Å². The second kappa shape index (κ2) is 7.37. The monoisotopic (exact) mass is 406 g/mol. The molecule has 0 aromatic heterocycles. The Morgan fingerprint density at radius 2 is 1.59 bits per heavy atom. The first-order chi connectivity index (χ1) is 13.9. The molecule has 0 bridgehead atoms. The van der Waals surface area contributed by atoms with Crippen molar-refractivity contribution in [2.75, 3.05) is 22.8 Å². The summed E-state index contributed by atoms with van der Waals surface area (Å²) in [5.41, 5.74) is 4.15. The number of sulfonamides is 1. The summed E-state index contributed by atoms with van der Waals surface area (Å²) in [5, 5.41) is 0. The Kier molecular flexibility index (Phi) is 4.88. The minimum absolute atomic E-state index is 0.0782. The number of nitrogens with zero attached hydrogens (tertiary/aromatic N) is 2. The Bertz CT molecular complexity index is 1150. The number of para-hydroxylation sites is 1. The molecule has 1 amide bonds. The Balaban J connectivity index is 1.56. The third-order valence-electron chi connectivity index (χ3n) is 5.29. The number of carbonyl (C=O) groups is 1. The average molecular weight is 407 g/mol. The minimum atomic E-state index is -3.66. The molecule has 1 aliphatic rings. The van der Waals surface area contributed by atoms with Crippen molar-refractivity contribution in [3.63, 3.8) is 0 Å². The van der Waals surface area contributed by atoms with Crippen LogP contribution >= 0.6 is 0 Å². The standard InChI is InChI=1S/C23H22N2O3S/c1-17-7-13-21(14-8-17)29(27,28)24(2)20-11-9-19(10-12-20)23(26)25-16-15-18-5-3-4-6-22(18)25/h3-14H,15-16H2,1-2H3. The molecular formula is C23H22N2O3S. The van der Waals surface area contributed by atoms with Crippen LogP contribution in [-0.2, 0) is 16.4 Å². The lowest BCUT2D eigenvalue weighted by molar-refractivity contribution is 0.0989. The van der Waals surface area contributed by atoms with Crippen LogP contribution in [0.15, 0.2) is 77.7 Å². The van der Waals surface area contributed by atoms with Gasteiger partial charge in [0.1, 0.15) is 0 Å². The predicted molar refractivity (Wildman–Crippen MR) is 115 cm³/mol. The largest absolute Gasteiger partial charge is 0.308 e. The van der Waals surface area contributed by atoms with Crippen LogP contribution in [-0.4, -0.2) is 27.9 Å². The van der Waals surface area contributed by atoms with Crippen molar-refractivity contribution in [3.05, 3.63) is 89.5 Å². The molecule has 5 nitrogen and oxygen atoms in total. The summed E-state index contributed by atoms with van der Waals surface area (Å²) >= 11 is 0. The summed E-state index contributed by atoms with van der Waals surface area (Å²) in [5.74, 6) is -0.0782. The third kappa shape index (κ3) is 3.51. The van der Waals surface area contributed by atoms with Crippen LogP contribution in [0.2, 0.25) is 0 Å². The molecular weight excluding hydrogens is 384 g/mol. The summed E-state index contributed by atoms with van der Waals surface area (Å²) in [4.78, 5) is 14.9. The minimum Gasteiger partial charge on any atom is -0.308 e. The topological polar surface area (TPSA) is 57.7 Å². The summed E-state index contributed by atoms with van der Waals surface area (Å²) < 4.78 is 27.0. The molecule has 4 rings (SSSR count). The molecule has 0 atom stereocenters. The van der Waals surface area contributed by atoms with Crippen LogP contribution in [0.3, 0.4) is 0 Å². The van der Waals surface area contributed by atoms with E-state index in [2.05, 4.69) is 0 Å². The lowest BCUT2D eigenvalue weighted by Gasteiger charge is -2.21. The molecule has 0 aliphatic carbocycles. The number of anilines is 2. The number of benzene rings is 3. The molecule has 0 spiro atoms. The van der Waals surface area contributed by atoms with Crippen molar-refractivity contribution in [3.8, 4) is 0 Å². The smallest absolute Gasteiger partial charge is 0.264 e. The highest BCUT2D eigenvalue weighted by Crippen LogP contribution is 2.29. The molecule has 0 unspecified atom stereocenters. The van der Waals surface area contributed by atoms with Crippen LogP contribution in [0.4, 0.5) is 11.4 Å². The van der Waals surface area contributed by atoms with E-state index in [9.17, 15) is 13.2 Å². The van der Waals surface area contributed by atoms with Gasteiger partial charge in [0, 0.05) is 24.8 Å². The first kappa shape index (κ1) is 19.2. The zero-order valence-electron chi connectivity index (χ0n) is 16.4. The fourth-order valence-electron chi connectivity index (χ4n) is 3.53. The molecule has 3 aromatic rings. The van der Waals surface area contributed by atoms with Crippen LogP contribution < -0.4 is 9.21 Å². The fourth-order valence-corrected chi connectivity index (χ4v) is 4.72. The maximum absolute atomic E-state index is 12.9. The molecule has 0 fully saturated rings. The summed E-state index contributed by atoms with van der Waals surface area (Å²) in [7, 11) is -2.14. The quantitative estimate of drug-likeness (QED) is 0.657. The van der Waals surface area contributed by atoms with Gasteiger partial charge >= 0.3 is 0 Å². The van der Waals surface area contributed by atoms with E-state index in [1.807, 2.05) is 31.2 Å². The number of fused-ring (bicyclic) bond motifs is 1. The zero-order valence-corrected chi connectivity index (χ0v) is 17.2. The maximum atomic E-state index is 12.9. The predicted octanol–water partition coefficient (Wildman–Crippen LogP) is 4.02. The first-order valence-electron chi connectivity index (χ1n) is 9.43. The van der Waals surface area contributed by atoms with E-state index in [-0.39, 0.29) is 10.8 Å². The van der Waals surface area contributed by atoms with Crippen molar-refractivity contribution in [1.29, 1.82) is 0 Å². The third-order valence-corrected chi connectivity index (χ3v) is 7.09. The number of hydrogen-bond donors (Lipinski definition) is 0. The van der Waals surface area contributed by atoms with E-state index in [0.29, 0.717) is 17.8 Å². The first-order valence-corrected chi connectivity index (χ1v) is 10.9. The van der Waals surface area contributed by atoms with Crippen molar-refractivity contribution in [2.24, 2.45) is 0 Å². The molecule has 0 radical (unpaired) electrons. The number of hydrogen-bond acceptors (Lipinski definition) is 3. The normalized spacial score (nSPS) is 13.2. The Labute approximate surface area is 171 Å². The zero-order chi connectivity index (χ0) is 20.6. The number of amides is 1. The van der Waals surface area contributed by atoms with Crippen LogP contribution in [0.1, 0.15) is 21.5 Å². The molecule has 29 heavy (non-hydrogen) atoms. The van der Waals surface area contributed by atoms with Gasteiger partial charge in [-0.15, -0.1) is 0 Å². The molecule has 0 N–H and O–H groups in total. The van der Waals surface area contributed by atoms with Crippen molar-refractivity contribution in [2.45, 2.75) is 18.2 Å². The van der Waals surface area contributed by atoms with Gasteiger partial charge in [0.25, 0.3) is 15.9 Å². The Morgan fingerprint density at radius 1 is 0.931 bits per heavy atom. The van der Waals surface area contributed by atoms with E-state index < -0.39 is 10.0 Å². The van der Waals surface area contributed by atoms with E-state index >= 15 is 0 Å². The second-order valence-corrected chi connectivity index (χ2v) is 9.14. The van der Waals surface area contributed by atoms with Crippen molar-refractivity contribution >= 4 is 27.3 Å². The average Bonchev–Trinajstić information content (AvgIpc) is 3.17. The maximum Gasteiger partial charge on any atom is 0.264 e. The van der Waals surface area contributed by atoms with Gasteiger partial charge in [0.15, 0.2) is 0 Å². The van der Waals surface area contributed by atoms with Crippen LogP contribution in [0.25, 0.3) is 0 Å². The highest BCUT2D eigenvalue weighted by Gasteiger charge is 2.26. The Morgan fingerprint density at radius 3 is 2.28 bits per heavy atom. The molecule has 1 aliphatic heterocycles. The highest BCUT2D eigenvalue weighted by atomic mass is 32.2. The molecule has 3 aromatic carbocycles. The van der Waals surface area contributed by atoms with E-state index in [1.165, 1.54) is 16.9 Å². The number of rotatable bonds is 4. The number of carbonyl (C=O) groups excluding carboxylic acids is 1. The van der Waals surface area contributed by atoms with Crippen molar-refractivity contribution < 1.29 is 13.2 Å². The van der Waals surface area contributed by atoms with Crippen LogP contribution in [0.5, 0.6) is 0 Å². The second-order valence-electron chi connectivity index (χ2n) is 7.17. The van der Waals surface area contributed by atoms with Gasteiger partial charge in [-0.3, -0.25) is 9.10 Å². The highest BCUT2D eigenvalue weighted by molar-refractivity contribution is 7.92. The Hall–Kier alpha value is -3.12. The van der Waals surface area contributed by atoms with E-state index in [4.69, 9.17) is 0 Å². The van der Waals surface area contributed by atoms with Gasteiger partial charge in [-0.2, -0.15) is 0 Å². The molecule has 6 heteroatoms. The van der Waals surface area contributed by atoms with Crippen molar-refractivity contribution in [1.82, 2.24) is 0 Å². The van der Waals surface area contributed by atoms with Gasteiger partial charge in [-0.1, -0.05) is 35.9 Å². The van der Waals surface area contributed by atoms with Gasteiger partial charge < -0.3 is 4.90 Å². The fraction of sp³-hybridized carbons (Fsp3) is 0.174. The molecule has 1 heterocycles. The SMILES string of the molecule is Cc1ccc(S(=O)(=O)N(C)c2ccc(C(=O)N3CCc4ccccc43)cc2)cc1. The van der Waals surface area contributed by atoms with Gasteiger partial charge in [0.2, 0.25) is 0 Å². The molecule has 148 valence electrons. The van der Waals surface area contributed by atoms with E-state index in [1.54, 1.807) is 53.4 Å². The molecule has 0 saturated carbocycles. The summed E-state index contributed by atoms with van der Waals surface area (Å²) in [6.07, 6.45) is 0.845. The molecule has 0 saturated heterocycles. The van der Waals surface area contributed by atoms with Gasteiger partial charge in [-0.05, 0) is 61.4 Å². The summed E-state index contributed by atoms with van der Waals surface area (Å²) in [6.45, 7) is 2.57. The van der Waals surface area contributed by atoms with Gasteiger partial charge in [-0.25, -0.2) is 8.42 Å². The lowest BCUT2D eigenvalue weighted by atomic mass is 10.1.